The molecule has 20 heavy (non-hydrogen) atoms. The van der Waals surface area contributed by atoms with E-state index in [9.17, 15) is 4.79 Å². The van der Waals surface area contributed by atoms with Gasteiger partial charge in [0, 0.05) is 11.1 Å². The van der Waals surface area contributed by atoms with Crippen LogP contribution in [0, 0.1) is 0 Å². The molecule has 0 saturated heterocycles. The summed E-state index contributed by atoms with van der Waals surface area (Å²) in [6.07, 6.45) is 1.58. The second-order valence-electron chi connectivity index (χ2n) is 4.11. The van der Waals surface area contributed by atoms with E-state index >= 15 is 0 Å². The molecule has 1 N–H and O–H groups in total. The van der Waals surface area contributed by atoms with E-state index in [0.29, 0.717) is 5.56 Å². The first kappa shape index (κ1) is 13.1. The van der Waals surface area contributed by atoms with Gasteiger partial charge in [-0.3, -0.25) is 0 Å². The Kier molecular flexibility index (Phi) is 3.66. The van der Waals surface area contributed by atoms with E-state index in [4.69, 9.17) is 5.11 Å². The van der Waals surface area contributed by atoms with Crippen LogP contribution >= 0.6 is 23.1 Å². The number of rotatable bonds is 4. The van der Waals surface area contributed by atoms with Crippen molar-refractivity contribution < 1.29 is 9.90 Å². The van der Waals surface area contributed by atoms with Crippen molar-refractivity contribution in [1.29, 1.82) is 0 Å². The zero-order chi connectivity index (χ0) is 13.9. The van der Waals surface area contributed by atoms with Crippen LogP contribution in [0.5, 0.6) is 0 Å². The van der Waals surface area contributed by atoms with Gasteiger partial charge in [-0.25, -0.2) is 14.8 Å². The summed E-state index contributed by atoms with van der Waals surface area (Å²) in [6.45, 7) is 0. The Hall–Kier alpha value is -1.92. The molecule has 0 saturated carbocycles. The molecule has 0 unspecified atom stereocenters. The monoisotopic (exact) mass is 302 g/mol. The smallest absolute Gasteiger partial charge is 0.335 e. The molecule has 6 heteroatoms. The Bertz CT molecular complexity index is 753. The summed E-state index contributed by atoms with van der Waals surface area (Å²) in [4.78, 5) is 20.3. The Morgan fingerprint density at radius 1 is 1.20 bits per heavy atom. The fourth-order valence-electron chi connectivity index (χ4n) is 1.78. The fourth-order valence-corrected chi connectivity index (χ4v) is 3.51. The standard InChI is InChI=1S/C14H10N2O2S2/c17-14(18)10-3-1-9(2-4-10)7-20-13-11-5-6-19-12(11)15-8-16-13/h1-6,8H,7H2,(H,17,18). The van der Waals surface area contributed by atoms with Crippen molar-refractivity contribution in [3.63, 3.8) is 0 Å². The highest BCUT2D eigenvalue weighted by Crippen LogP contribution is 2.29. The van der Waals surface area contributed by atoms with Crippen molar-refractivity contribution in [3.8, 4) is 0 Å². The van der Waals surface area contributed by atoms with E-state index in [1.165, 1.54) is 0 Å². The van der Waals surface area contributed by atoms with Crippen LogP contribution in [-0.2, 0) is 5.75 Å². The fraction of sp³-hybridized carbons (Fsp3) is 0.0714. The molecule has 2 aromatic heterocycles. The van der Waals surface area contributed by atoms with E-state index in [1.54, 1.807) is 41.6 Å². The molecule has 0 aliphatic heterocycles. The maximum absolute atomic E-state index is 10.8. The lowest BCUT2D eigenvalue weighted by molar-refractivity contribution is 0.0697. The molecule has 3 rings (SSSR count). The third-order valence-corrected chi connectivity index (χ3v) is 4.70. The van der Waals surface area contributed by atoms with Gasteiger partial charge in [0.15, 0.2) is 0 Å². The van der Waals surface area contributed by atoms with Crippen molar-refractivity contribution in [1.82, 2.24) is 9.97 Å². The number of hydrogen-bond donors (Lipinski definition) is 1. The van der Waals surface area contributed by atoms with E-state index < -0.39 is 5.97 Å². The first-order valence-electron chi connectivity index (χ1n) is 5.87. The first-order valence-corrected chi connectivity index (χ1v) is 7.74. The van der Waals surface area contributed by atoms with Crippen LogP contribution in [0.4, 0.5) is 0 Å². The molecule has 0 amide bonds. The molecular weight excluding hydrogens is 292 g/mol. The quantitative estimate of drug-likeness (QED) is 0.588. The lowest BCUT2D eigenvalue weighted by Crippen LogP contribution is -1.95. The third kappa shape index (κ3) is 2.66. The number of carbonyl (C=O) groups is 1. The van der Waals surface area contributed by atoms with Crippen molar-refractivity contribution >= 4 is 39.3 Å². The molecular formula is C14H10N2O2S2. The van der Waals surface area contributed by atoms with Gasteiger partial charge >= 0.3 is 5.97 Å². The van der Waals surface area contributed by atoms with Crippen LogP contribution in [0.2, 0.25) is 0 Å². The number of fused-ring (bicyclic) bond motifs is 1. The van der Waals surface area contributed by atoms with E-state index in [2.05, 4.69) is 9.97 Å². The summed E-state index contributed by atoms with van der Waals surface area (Å²) in [5.74, 6) is -0.151. The maximum Gasteiger partial charge on any atom is 0.335 e. The minimum Gasteiger partial charge on any atom is -0.478 e. The van der Waals surface area contributed by atoms with Gasteiger partial charge in [0.1, 0.15) is 16.2 Å². The van der Waals surface area contributed by atoms with Crippen LogP contribution in [0.25, 0.3) is 10.2 Å². The Morgan fingerprint density at radius 3 is 2.75 bits per heavy atom. The number of benzene rings is 1. The Labute approximate surface area is 123 Å². The number of carboxylic acid groups (broad SMARTS) is 1. The summed E-state index contributed by atoms with van der Waals surface area (Å²) < 4.78 is 0. The SMILES string of the molecule is O=C(O)c1ccc(CSc2ncnc3sccc23)cc1. The molecule has 0 radical (unpaired) electrons. The van der Waals surface area contributed by atoms with Gasteiger partial charge in [-0.15, -0.1) is 23.1 Å². The average Bonchev–Trinajstić information content (AvgIpc) is 2.94. The molecule has 0 spiro atoms. The Morgan fingerprint density at radius 2 is 2.00 bits per heavy atom. The lowest BCUT2D eigenvalue weighted by atomic mass is 10.1. The molecule has 0 aliphatic carbocycles. The van der Waals surface area contributed by atoms with Gasteiger partial charge in [0.25, 0.3) is 0 Å². The predicted molar refractivity (Wildman–Crippen MR) is 80.4 cm³/mol. The molecule has 2 heterocycles. The van der Waals surface area contributed by atoms with Crippen LogP contribution in [-0.4, -0.2) is 21.0 Å². The van der Waals surface area contributed by atoms with Gasteiger partial charge < -0.3 is 5.11 Å². The minimum atomic E-state index is -0.903. The summed E-state index contributed by atoms with van der Waals surface area (Å²) in [5, 5.41) is 12.9. The zero-order valence-electron chi connectivity index (χ0n) is 10.3. The van der Waals surface area contributed by atoms with E-state index in [1.807, 2.05) is 23.6 Å². The molecule has 0 aliphatic rings. The largest absolute Gasteiger partial charge is 0.478 e. The van der Waals surface area contributed by atoms with Crippen molar-refractivity contribution in [3.05, 3.63) is 53.2 Å². The third-order valence-electron chi connectivity index (χ3n) is 2.80. The van der Waals surface area contributed by atoms with Crippen molar-refractivity contribution in [2.45, 2.75) is 10.8 Å². The summed E-state index contributed by atoms with van der Waals surface area (Å²) in [6, 6.07) is 8.94. The minimum absolute atomic E-state index is 0.306. The number of carboxylic acids is 1. The predicted octanol–water partition coefficient (Wildman–Crippen LogP) is 3.68. The number of thioether (sulfide) groups is 1. The second kappa shape index (κ2) is 5.60. The van der Waals surface area contributed by atoms with Crippen molar-refractivity contribution in [2.24, 2.45) is 0 Å². The lowest BCUT2D eigenvalue weighted by Gasteiger charge is -2.03. The number of aromatic nitrogens is 2. The van der Waals surface area contributed by atoms with Crippen LogP contribution in [0.15, 0.2) is 47.1 Å². The Balaban J connectivity index is 1.76. The van der Waals surface area contributed by atoms with Gasteiger partial charge in [-0.1, -0.05) is 12.1 Å². The average molecular weight is 302 g/mol. The highest BCUT2D eigenvalue weighted by molar-refractivity contribution is 7.98. The molecule has 3 aromatic rings. The molecule has 1 aromatic carbocycles. The molecule has 4 nitrogen and oxygen atoms in total. The molecule has 100 valence electrons. The summed E-state index contributed by atoms with van der Waals surface area (Å²) in [7, 11) is 0. The maximum atomic E-state index is 10.8. The number of aromatic carboxylic acids is 1. The van der Waals surface area contributed by atoms with E-state index in [-0.39, 0.29) is 0 Å². The van der Waals surface area contributed by atoms with Crippen LogP contribution in [0.1, 0.15) is 15.9 Å². The first-order chi connectivity index (χ1) is 9.74. The summed E-state index contributed by atoms with van der Waals surface area (Å²) in [5.41, 5.74) is 1.38. The molecule has 0 bridgehead atoms. The van der Waals surface area contributed by atoms with Crippen LogP contribution < -0.4 is 0 Å². The highest BCUT2D eigenvalue weighted by Gasteiger charge is 2.06. The number of thiophene rings is 1. The summed E-state index contributed by atoms with van der Waals surface area (Å²) >= 11 is 3.23. The topological polar surface area (TPSA) is 63.1 Å². The van der Waals surface area contributed by atoms with Gasteiger partial charge in [0.2, 0.25) is 0 Å². The van der Waals surface area contributed by atoms with Crippen LogP contribution in [0.3, 0.4) is 0 Å². The number of nitrogens with zero attached hydrogens (tertiary/aromatic N) is 2. The highest BCUT2D eigenvalue weighted by atomic mass is 32.2. The second-order valence-corrected chi connectivity index (χ2v) is 5.97. The van der Waals surface area contributed by atoms with E-state index in [0.717, 1.165) is 26.6 Å². The van der Waals surface area contributed by atoms with Crippen molar-refractivity contribution in [2.75, 3.05) is 0 Å². The zero-order valence-corrected chi connectivity index (χ0v) is 11.9. The molecule has 0 fully saturated rings. The normalized spacial score (nSPS) is 10.8. The number of hydrogen-bond acceptors (Lipinski definition) is 5. The molecule has 0 atom stereocenters. The van der Waals surface area contributed by atoms with Gasteiger partial charge in [0.05, 0.1) is 5.56 Å². The van der Waals surface area contributed by atoms with Gasteiger partial charge in [-0.2, -0.15) is 0 Å². The van der Waals surface area contributed by atoms with Gasteiger partial charge in [-0.05, 0) is 29.1 Å².